The lowest BCUT2D eigenvalue weighted by molar-refractivity contribution is -0.138. The number of nitrogens with zero attached hydrogens (tertiary/aromatic N) is 3. The van der Waals surface area contributed by atoms with Crippen LogP contribution in [0.5, 0.6) is 0 Å². The van der Waals surface area contributed by atoms with E-state index in [1.165, 1.54) is 41.1 Å². The average Bonchev–Trinajstić information content (AvgIpc) is 3.31. The van der Waals surface area contributed by atoms with Gasteiger partial charge in [0.05, 0.1) is 22.6 Å². The van der Waals surface area contributed by atoms with E-state index in [9.17, 15) is 27.6 Å². The summed E-state index contributed by atoms with van der Waals surface area (Å²) in [5.74, 6) is -1.21. The molecule has 1 N–H and O–H groups in total. The van der Waals surface area contributed by atoms with Crippen LogP contribution in [-0.2, 0) is 22.3 Å². The van der Waals surface area contributed by atoms with Crippen LogP contribution in [0.1, 0.15) is 45.7 Å². The van der Waals surface area contributed by atoms with Crippen LogP contribution < -0.4 is 10.2 Å². The zero-order chi connectivity index (χ0) is 24.6. The molecule has 1 aliphatic heterocycles. The fourth-order valence-corrected chi connectivity index (χ4v) is 3.91. The number of rotatable bonds is 5. The van der Waals surface area contributed by atoms with Gasteiger partial charge in [-0.1, -0.05) is 6.07 Å². The van der Waals surface area contributed by atoms with Gasteiger partial charge >= 0.3 is 6.18 Å². The molecule has 0 atom stereocenters. The van der Waals surface area contributed by atoms with Crippen LogP contribution in [0.2, 0.25) is 0 Å². The van der Waals surface area contributed by atoms with Gasteiger partial charge in [0.2, 0.25) is 11.8 Å². The van der Waals surface area contributed by atoms with Gasteiger partial charge in [-0.3, -0.25) is 19.3 Å². The van der Waals surface area contributed by atoms with E-state index in [2.05, 4.69) is 10.4 Å². The number of anilines is 1. The molecule has 1 saturated heterocycles. The highest BCUT2D eigenvalue weighted by Gasteiger charge is 2.34. The fraction of sp³-hybridized carbons (Fsp3) is 0.250. The van der Waals surface area contributed by atoms with Crippen molar-refractivity contribution in [3.05, 3.63) is 76.6 Å². The van der Waals surface area contributed by atoms with Crippen molar-refractivity contribution in [3.63, 3.8) is 0 Å². The monoisotopic (exact) mass is 470 g/mol. The topological polar surface area (TPSA) is 84.3 Å². The molecule has 0 spiro atoms. The van der Waals surface area contributed by atoms with Crippen molar-refractivity contribution < 1.29 is 27.6 Å². The second-order valence-corrected chi connectivity index (χ2v) is 8.03. The zero-order valence-corrected chi connectivity index (χ0v) is 18.4. The first-order valence-electron chi connectivity index (χ1n) is 10.5. The van der Waals surface area contributed by atoms with Gasteiger partial charge in [-0.2, -0.15) is 18.3 Å². The molecule has 10 heteroatoms. The molecule has 4 rings (SSSR count). The van der Waals surface area contributed by atoms with Crippen LogP contribution in [0.3, 0.4) is 0 Å². The number of hydrogen-bond donors (Lipinski definition) is 1. The molecule has 3 aromatic rings. The number of aryl methyl sites for hydroxylation is 2. The second kappa shape index (κ2) is 8.77. The van der Waals surface area contributed by atoms with Gasteiger partial charge in [0.1, 0.15) is 0 Å². The maximum atomic E-state index is 13.8. The van der Waals surface area contributed by atoms with E-state index >= 15 is 0 Å². The highest BCUT2D eigenvalue weighted by molar-refractivity contribution is 6.19. The van der Waals surface area contributed by atoms with Crippen molar-refractivity contribution in [2.24, 2.45) is 0 Å². The van der Waals surface area contributed by atoms with E-state index in [1.807, 2.05) is 0 Å². The number of benzene rings is 2. The number of carbonyl (C=O) groups excluding carboxylic acids is 3. The van der Waals surface area contributed by atoms with E-state index < -0.39 is 17.6 Å². The molecular formula is C24H21F3N4O3. The molecule has 2 heterocycles. The van der Waals surface area contributed by atoms with Gasteiger partial charge in [0, 0.05) is 30.6 Å². The molecule has 7 nitrogen and oxygen atoms in total. The molecular weight excluding hydrogens is 449 g/mol. The van der Waals surface area contributed by atoms with Crippen LogP contribution in [0.15, 0.2) is 48.5 Å². The number of imide groups is 1. The van der Waals surface area contributed by atoms with Crippen molar-refractivity contribution in [2.45, 2.75) is 39.4 Å². The Balaban J connectivity index is 1.51. The van der Waals surface area contributed by atoms with E-state index in [4.69, 9.17) is 0 Å². The number of nitrogens with one attached hydrogen (secondary N) is 1. The van der Waals surface area contributed by atoms with E-state index in [-0.39, 0.29) is 48.0 Å². The number of alkyl halides is 3. The number of amides is 3. The summed E-state index contributed by atoms with van der Waals surface area (Å²) in [6, 6.07) is 11.4. The number of carbonyl (C=O) groups is 3. The zero-order valence-electron chi connectivity index (χ0n) is 18.4. The van der Waals surface area contributed by atoms with Gasteiger partial charge in [0.25, 0.3) is 5.91 Å². The third-order valence-corrected chi connectivity index (χ3v) is 5.53. The predicted octanol–water partition coefficient (Wildman–Crippen LogP) is 4.09. The molecule has 0 unspecified atom stereocenters. The Kier molecular flexibility index (Phi) is 5.99. The lowest BCUT2D eigenvalue weighted by atomic mass is 10.1. The summed E-state index contributed by atoms with van der Waals surface area (Å²) in [5.41, 5.74) is 1.25. The Morgan fingerprint density at radius 1 is 0.971 bits per heavy atom. The average molecular weight is 470 g/mol. The molecule has 0 radical (unpaired) electrons. The molecule has 0 aliphatic carbocycles. The maximum Gasteiger partial charge on any atom is 0.416 e. The fourth-order valence-electron chi connectivity index (χ4n) is 3.91. The van der Waals surface area contributed by atoms with Crippen molar-refractivity contribution in [3.8, 4) is 5.69 Å². The van der Waals surface area contributed by atoms with Gasteiger partial charge in [-0.05, 0) is 61.9 Å². The SMILES string of the molecule is Cc1cc(C)n(-c2ccc(CNC(=O)c3ccc(N4C(=O)CCC4=O)cc3)c(C(F)(F)F)c2)n1. The van der Waals surface area contributed by atoms with E-state index in [0.29, 0.717) is 17.1 Å². The second-order valence-electron chi connectivity index (χ2n) is 8.03. The summed E-state index contributed by atoms with van der Waals surface area (Å²) >= 11 is 0. The minimum Gasteiger partial charge on any atom is -0.348 e. The Hall–Kier alpha value is -3.95. The number of hydrogen-bond acceptors (Lipinski definition) is 4. The van der Waals surface area contributed by atoms with E-state index in [0.717, 1.165) is 11.0 Å². The molecule has 0 bridgehead atoms. The molecule has 3 amide bonds. The molecule has 176 valence electrons. The Bertz CT molecular complexity index is 1260. The maximum absolute atomic E-state index is 13.8. The molecule has 0 saturated carbocycles. The Morgan fingerprint density at radius 2 is 1.59 bits per heavy atom. The first-order chi connectivity index (χ1) is 16.0. The van der Waals surface area contributed by atoms with Gasteiger partial charge in [0.15, 0.2) is 0 Å². The van der Waals surface area contributed by atoms with Crippen molar-refractivity contribution in [2.75, 3.05) is 4.90 Å². The van der Waals surface area contributed by atoms with Crippen LogP contribution in [0.25, 0.3) is 5.69 Å². The van der Waals surface area contributed by atoms with Crippen LogP contribution in [0, 0.1) is 13.8 Å². The molecule has 1 fully saturated rings. The van der Waals surface area contributed by atoms with Gasteiger partial charge in [-0.25, -0.2) is 4.68 Å². The first kappa shape index (κ1) is 23.2. The summed E-state index contributed by atoms with van der Waals surface area (Å²) in [6.45, 7) is 3.17. The van der Waals surface area contributed by atoms with Crippen molar-refractivity contribution in [1.29, 1.82) is 0 Å². The van der Waals surface area contributed by atoms with Crippen LogP contribution in [-0.4, -0.2) is 27.5 Å². The van der Waals surface area contributed by atoms with E-state index in [1.54, 1.807) is 19.9 Å². The molecule has 1 aliphatic rings. The summed E-state index contributed by atoms with van der Waals surface area (Å²) in [6.07, 6.45) is -4.34. The van der Waals surface area contributed by atoms with Gasteiger partial charge < -0.3 is 5.32 Å². The standard InChI is InChI=1S/C24H21F3N4O3/c1-14-11-15(2)31(29-14)19-8-5-17(20(12-19)24(25,26)27)13-28-23(34)16-3-6-18(7-4-16)30-21(32)9-10-22(30)33/h3-8,11-12H,9-10,13H2,1-2H3,(H,28,34). The number of aromatic nitrogens is 2. The summed E-state index contributed by atoms with van der Waals surface area (Å²) in [4.78, 5) is 37.3. The summed E-state index contributed by atoms with van der Waals surface area (Å²) < 4.78 is 42.7. The highest BCUT2D eigenvalue weighted by atomic mass is 19.4. The minimum absolute atomic E-state index is 0.0870. The highest BCUT2D eigenvalue weighted by Crippen LogP contribution is 2.34. The summed E-state index contributed by atoms with van der Waals surface area (Å²) in [5, 5.41) is 6.73. The Labute approximate surface area is 193 Å². The van der Waals surface area contributed by atoms with Crippen LogP contribution >= 0.6 is 0 Å². The molecule has 2 aromatic carbocycles. The summed E-state index contributed by atoms with van der Waals surface area (Å²) in [7, 11) is 0. The normalized spacial score (nSPS) is 14.1. The predicted molar refractivity (Wildman–Crippen MR) is 117 cm³/mol. The largest absolute Gasteiger partial charge is 0.416 e. The van der Waals surface area contributed by atoms with Crippen molar-refractivity contribution in [1.82, 2.24) is 15.1 Å². The van der Waals surface area contributed by atoms with Gasteiger partial charge in [-0.15, -0.1) is 0 Å². The molecule has 34 heavy (non-hydrogen) atoms. The van der Waals surface area contributed by atoms with Crippen LogP contribution in [0.4, 0.5) is 18.9 Å². The smallest absolute Gasteiger partial charge is 0.348 e. The lowest BCUT2D eigenvalue weighted by Crippen LogP contribution is -2.28. The number of halogens is 3. The Morgan fingerprint density at radius 3 is 2.15 bits per heavy atom. The quantitative estimate of drug-likeness (QED) is 0.570. The third-order valence-electron chi connectivity index (χ3n) is 5.53. The third kappa shape index (κ3) is 4.57. The van der Waals surface area contributed by atoms with Crippen molar-refractivity contribution >= 4 is 23.4 Å². The lowest BCUT2D eigenvalue weighted by Gasteiger charge is -2.16. The molecule has 1 aromatic heterocycles. The first-order valence-corrected chi connectivity index (χ1v) is 10.5. The minimum atomic E-state index is -4.62.